The summed E-state index contributed by atoms with van der Waals surface area (Å²) in [5.74, 6) is 1.92. The lowest BCUT2D eigenvalue weighted by atomic mass is 10.2. The van der Waals surface area contributed by atoms with E-state index in [-0.39, 0.29) is 5.91 Å². The van der Waals surface area contributed by atoms with Crippen molar-refractivity contribution in [1.29, 1.82) is 0 Å². The van der Waals surface area contributed by atoms with Crippen LogP contribution in [0.2, 0.25) is 0 Å². The third-order valence-corrected chi connectivity index (χ3v) is 4.06. The smallest absolute Gasteiger partial charge is 0.241 e. The Kier molecular flexibility index (Phi) is 5.62. The standard InChI is InChI=1S/C17H22N4O4/c1-23-9-6-15-18-16(25-19-15)11-20-7-8-21(17(22)12-20)13-4-3-5-14(10-13)24-2/h3-5,10H,6-9,11-12H2,1-2H3. The van der Waals surface area contributed by atoms with Crippen LogP contribution >= 0.6 is 0 Å². The van der Waals surface area contributed by atoms with Crippen molar-refractivity contribution in [2.45, 2.75) is 13.0 Å². The van der Waals surface area contributed by atoms with E-state index in [1.807, 2.05) is 29.2 Å². The van der Waals surface area contributed by atoms with Crippen molar-refractivity contribution < 1.29 is 18.8 Å². The molecule has 25 heavy (non-hydrogen) atoms. The third kappa shape index (κ3) is 4.34. The first-order chi connectivity index (χ1) is 12.2. The van der Waals surface area contributed by atoms with Gasteiger partial charge in [0, 0.05) is 38.4 Å². The second kappa shape index (κ2) is 8.09. The van der Waals surface area contributed by atoms with E-state index >= 15 is 0 Å². The summed E-state index contributed by atoms with van der Waals surface area (Å²) in [5, 5.41) is 3.92. The van der Waals surface area contributed by atoms with Crippen molar-refractivity contribution in [2.75, 3.05) is 45.4 Å². The maximum Gasteiger partial charge on any atom is 0.241 e. The fourth-order valence-corrected chi connectivity index (χ4v) is 2.75. The molecule has 1 amide bonds. The first-order valence-corrected chi connectivity index (χ1v) is 8.17. The zero-order valence-corrected chi connectivity index (χ0v) is 14.5. The predicted octanol–water partition coefficient (Wildman–Crippen LogP) is 1.12. The van der Waals surface area contributed by atoms with Gasteiger partial charge in [0.15, 0.2) is 5.82 Å². The number of benzene rings is 1. The zero-order chi connectivity index (χ0) is 17.6. The topological polar surface area (TPSA) is 80.9 Å². The third-order valence-electron chi connectivity index (χ3n) is 4.06. The van der Waals surface area contributed by atoms with Crippen LogP contribution in [0.5, 0.6) is 5.75 Å². The minimum Gasteiger partial charge on any atom is -0.497 e. The van der Waals surface area contributed by atoms with Crippen LogP contribution in [0.1, 0.15) is 11.7 Å². The number of hydrogen-bond acceptors (Lipinski definition) is 7. The maximum absolute atomic E-state index is 12.5. The minimum atomic E-state index is 0.0404. The minimum absolute atomic E-state index is 0.0404. The maximum atomic E-state index is 12.5. The molecule has 0 spiro atoms. The van der Waals surface area contributed by atoms with Crippen molar-refractivity contribution in [2.24, 2.45) is 0 Å². The van der Waals surface area contributed by atoms with Gasteiger partial charge < -0.3 is 18.9 Å². The molecule has 0 unspecified atom stereocenters. The Morgan fingerprint density at radius 2 is 2.16 bits per heavy atom. The van der Waals surface area contributed by atoms with Gasteiger partial charge in [-0.1, -0.05) is 11.2 Å². The number of hydrogen-bond donors (Lipinski definition) is 0. The van der Waals surface area contributed by atoms with E-state index in [0.717, 1.165) is 18.0 Å². The molecule has 8 nitrogen and oxygen atoms in total. The molecule has 3 rings (SSSR count). The summed E-state index contributed by atoms with van der Waals surface area (Å²) in [6.07, 6.45) is 0.614. The number of carbonyl (C=O) groups is 1. The van der Waals surface area contributed by atoms with Gasteiger partial charge in [-0.3, -0.25) is 9.69 Å². The SMILES string of the molecule is COCCc1noc(CN2CCN(c3cccc(OC)c3)C(=O)C2)n1. The molecular weight excluding hydrogens is 324 g/mol. The number of amides is 1. The first-order valence-electron chi connectivity index (χ1n) is 8.17. The monoisotopic (exact) mass is 346 g/mol. The van der Waals surface area contributed by atoms with Crippen LogP contribution in [-0.4, -0.2) is 61.4 Å². The Balaban J connectivity index is 1.58. The fourth-order valence-electron chi connectivity index (χ4n) is 2.75. The van der Waals surface area contributed by atoms with Crippen LogP contribution in [-0.2, 0) is 22.5 Å². The van der Waals surface area contributed by atoms with Gasteiger partial charge in [-0.05, 0) is 12.1 Å². The molecule has 2 aromatic rings. The summed E-state index contributed by atoms with van der Waals surface area (Å²) in [6, 6.07) is 7.53. The molecular formula is C17H22N4O4. The lowest BCUT2D eigenvalue weighted by molar-refractivity contribution is -0.121. The second-order valence-electron chi connectivity index (χ2n) is 5.80. The molecule has 0 N–H and O–H groups in total. The van der Waals surface area contributed by atoms with Crippen LogP contribution in [0.15, 0.2) is 28.8 Å². The Morgan fingerprint density at radius 3 is 2.92 bits per heavy atom. The lowest BCUT2D eigenvalue weighted by Gasteiger charge is -2.33. The van der Waals surface area contributed by atoms with E-state index in [1.54, 1.807) is 19.1 Å². The van der Waals surface area contributed by atoms with Crippen molar-refractivity contribution in [1.82, 2.24) is 15.0 Å². The number of piperazine rings is 1. The molecule has 1 aliphatic heterocycles. The van der Waals surface area contributed by atoms with Crippen molar-refractivity contribution >= 4 is 11.6 Å². The van der Waals surface area contributed by atoms with Crippen molar-refractivity contribution in [3.63, 3.8) is 0 Å². The van der Waals surface area contributed by atoms with E-state index in [2.05, 4.69) is 10.1 Å². The van der Waals surface area contributed by atoms with E-state index in [9.17, 15) is 4.79 Å². The highest BCUT2D eigenvalue weighted by atomic mass is 16.5. The van der Waals surface area contributed by atoms with Gasteiger partial charge in [0.25, 0.3) is 0 Å². The highest BCUT2D eigenvalue weighted by molar-refractivity contribution is 5.95. The number of carbonyl (C=O) groups excluding carboxylic acids is 1. The summed E-state index contributed by atoms with van der Waals surface area (Å²) >= 11 is 0. The summed E-state index contributed by atoms with van der Waals surface area (Å²) in [4.78, 5) is 20.6. The fraction of sp³-hybridized carbons (Fsp3) is 0.471. The molecule has 1 aromatic carbocycles. The average molecular weight is 346 g/mol. The second-order valence-corrected chi connectivity index (χ2v) is 5.80. The van der Waals surface area contributed by atoms with Crippen LogP contribution in [0.3, 0.4) is 0 Å². The van der Waals surface area contributed by atoms with Crippen LogP contribution in [0.4, 0.5) is 5.69 Å². The van der Waals surface area contributed by atoms with Crippen LogP contribution in [0.25, 0.3) is 0 Å². The predicted molar refractivity (Wildman–Crippen MR) is 90.5 cm³/mol. The molecule has 0 radical (unpaired) electrons. The number of methoxy groups -OCH3 is 2. The van der Waals surface area contributed by atoms with Gasteiger partial charge in [-0.25, -0.2) is 0 Å². The molecule has 0 saturated carbocycles. The molecule has 0 bridgehead atoms. The van der Waals surface area contributed by atoms with Gasteiger partial charge in [0.1, 0.15) is 5.75 Å². The molecule has 0 atom stereocenters. The largest absolute Gasteiger partial charge is 0.497 e. The van der Waals surface area contributed by atoms with Gasteiger partial charge in [0.05, 0.1) is 26.8 Å². The highest BCUT2D eigenvalue weighted by Crippen LogP contribution is 2.23. The Hall–Kier alpha value is -2.45. The summed E-state index contributed by atoms with van der Waals surface area (Å²) in [5.41, 5.74) is 0.851. The Morgan fingerprint density at radius 1 is 1.28 bits per heavy atom. The number of aromatic nitrogens is 2. The van der Waals surface area contributed by atoms with E-state index in [0.29, 0.717) is 44.4 Å². The Labute approximate surface area is 146 Å². The quantitative estimate of drug-likeness (QED) is 0.743. The lowest BCUT2D eigenvalue weighted by Crippen LogP contribution is -2.50. The number of nitrogens with zero attached hydrogens (tertiary/aromatic N) is 4. The summed E-state index contributed by atoms with van der Waals surface area (Å²) in [7, 11) is 3.25. The normalized spacial score (nSPS) is 15.6. The van der Waals surface area contributed by atoms with E-state index < -0.39 is 0 Å². The van der Waals surface area contributed by atoms with Gasteiger partial charge in [0.2, 0.25) is 11.8 Å². The molecule has 1 saturated heterocycles. The van der Waals surface area contributed by atoms with Crippen molar-refractivity contribution in [3.8, 4) is 5.75 Å². The average Bonchev–Trinajstić information content (AvgIpc) is 3.07. The van der Waals surface area contributed by atoms with Crippen LogP contribution in [0, 0.1) is 0 Å². The van der Waals surface area contributed by atoms with Crippen LogP contribution < -0.4 is 9.64 Å². The highest BCUT2D eigenvalue weighted by Gasteiger charge is 2.26. The van der Waals surface area contributed by atoms with Gasteiger partial charge >= 0.3 is 0 Å². The number of rotatable bonds is 7. The Bertz CT molecular complexity index is 718. The zero-order valence-electron chi connectivity index (χ0n) is 14.5. The van der Waals surface area contributed by atoms with Gasteiger partial charge in [-0.2, -0.15) is 4.98 Å². The number of anilines is 1. The molecule has 1 aromatic heterocycles. The molecule has 134 valence electrons. The van der Waals surface area contributed by atoms with E-state index in [4.69, 9.17) is 14.0 Å². The molecule has 0 aliphatic carbocycles. The van der Waals surface area contributed by atoms with Gasteiger partial charge in [-0.15, -0.1) is 0 Å². The summed E-state index contributed by atoms with van der Waals surface area (Å²) in [6.45, 7) is 2.68. The van der Waals surface area contributed by atoms with Crippen molar-refractivity contribution in [3.05, 3.63) is 36.0 Å². The summed E-state index contributed by atoms with van der Waals surface area (Å²) < 4.78 is 15.5. The van der Waals surface area contributed by atoms with E-state index in [1.165, 1.54) is 0 Å². The number of ether oxygens (including phenoxy) is 2. The molecule has 2 heterocycles. The molecule has 1 fully saturated rings. The molecule has 8 heteroatoms. The molecule has 1 aliphatic rings. The first kappa shape index (κ1) is 17.4.